The number of nitrogens with zero attached hydrogens (tertiary/aromatic N) is 2. The molecular formula is C15H26N4O. The average molecular weight is 278 g/mol. The topological polar surface area (TPSA) is 59.0 Å². The van der Waals surface area contributed by atoms with Crippen molar-refractivity contribution in [2.75, 3.05) is 19.6 Å². The van der Waals surface area contributed by atoms with Crippen LogP contribution in [0.1, 0.15) is 44.7 Å². The van der Waals surface area contributed by atoms with Crippen molar-refractivity contribution in [3.8, 4) is 0 Å². The van der Waals surface area contributed by atoms with E-state index in [-0.39, 0.29) is 5.91 Å². The molecular weight excluding hydrogens is 252 g/mol. The maximum Gasteiger partial charge on any atom is 0.221 e. The van der Waals surface area contributed by atoms with Gasteiger partial charge in [0.15, 0.2) is 0 Å². The van der Waals surface area contributed by atoms with Gasteiger partial charge in [-0.2, -0.15) is 0 Å². The van der Waals surface area contributed by atoms with Gasteiger partial charge in [-0.05, 0) is 31.8 Å². The molecule has 0 spiro atoms. The van der Waals surface area contributed by atoms with Crippen molar-refractivity contribution in [3.05, 3.63) is 18.2 Å². The molecule has 20 heavy (non-hydrogen) atoms. The number of aryl methyl sites for hydroxylation is 1. The second-order valence-electron chi connectivity index (χ2n) is 5.98. The molecule has 0 unspecified atom stereocenters. The monoisotopic (exact) mass is 278 g/mol. The summed E-state index contributed by atoms with van der Waals surface area (Å²) in [6.07, 6.45) is 6.66. The molecule has 0 radical (unpaired) electrons. The van der Waals surface area contributed by atoms with Crippen molar-refractivity contribution in [2.45, 2.75) is 45.6 Å². The zero-order chi connectivity index (χ0) is 14.4. The van der Waals surface area contributed by atoms with Crippen LogP contribution in [0.25, 0.3) is 0 Å². The van der Waals surface area contributed by atoms with Crippen molar-refractivity contribution in [2.24, 2.45) is 5.92 Å². The third kappa shape index (κ3) is 4.34. The van der Waals surface area contributed by atoms with Crippen molar-refractivity contribution in [1.29, 1.82) is 0 Å². The highest BCUT2D eigenvalue weighted by Crippen LogP contribution is 2.24. The van der Waals surface area contributed by atoms with E-state index in [2.05, 4.69) is 34.0 Å². The minimum atomic E-state index is 0.128. The molecule has 0 atom stereocenters. The third-order valence-electron chi connectivity index (χ3n) is 3.79. The molecule has 0 aromatic carbocycles. The Morgan fingerprint density at radius 2 is 2.25 bits per heavy atom. The lowest BCUT2D eigenvalue weighted by atomic mass is 9.95. The number of amides is 1. The van der Waals surface area contributed by atoms with Crippen LogP contribution in [-0.4, -0.2) is 35.1 Å². The summed E-state index contributed by atoms with van der Waals surface area (Å²) in [5.41, 5.74) is 1.28. The van der Waals surface area contributed by atoms with Crippen LogP contribution < -0.4 is 10.6 Å². The molecule has 1 aromatic heterocycles. The smallest absolute Gasteiger partial charge is 0.221 e. The summed E-state index contributed by atoms with van der Waals surface area (Å²) in [6.45, 7) is 7.83. The van der Waals surface area contributed by atoms with E-state index < -0.39 is 0 Å². The number of hydrogen-bond donors (Lipinski definition) is 2. The van der Waals surface area contributed by atoms with Crippen LogP contribution in [0.2, 0.25) is 0 Å². The number of aromatic nitrogens is 2. The molecule has 0 saturated carbocycles. The highest BCUT2D eigenvalue weighted by Gasteiger charge is 2.18. The molecule has 1 fully saturated rings. The van der Waals surface area contributed by atoms with Crippen LogP contribution in [0.5, 0.6) is 0 Å². The first kappa shape index (κ1) is 15.0. The van der Waals surface area contributed by atoms with Gasteiger partial charge in [-0.15, -0.1) is 0 Å². The summed E-state index contributed by atoms with van der Waals surface area (Å²) in [7, 11) is 0. The van der Waals surface area contributed by atoms with Gasteiger partial charge in [-0.3, -0.25) is 4.79 Å². The summed E-state index contributed by atoms with van der Waals surface area (Å²) in [4.78, 5) is 16.0. The first-order valence-corrected chi connectivity index (χ1v) is 7.64. The molecule has 112 valence electrons. The number of nitrogens with one attached hydrogen (secondary N) is 2. The van der Waals surface area contributed by atoms with Gasteiger partial charge in [0, 0.05) is 37.3 Å². The van der Waals surface area contributed by atoms with Gasteiger partial charge in [0.05, 0.1) is 6.33 Å². The highest BCUT2D eigenvalue weighted by atomic mass is 16.1. The second kappa shape index (κ2) is 7.43. The zero-order valence-electron chi connectivity index (χ0n) is 12.6. The molecule has 1 saturated heterocycles. The van der Waals surface area contributed by atoms with Gasteiger partial charge in [0.2, 0.25) is 5.91 Å². The van der Waals surface area contributed by atoms with E-state index in [0.717, 1.165) is 39.0 Å². The summed E-state index contributed by atoms with van der Waals surface area (Å²) < 4.78 is 2.14. The predicted octanol–water partition coefficient (Wildman–Crippen LogP) is 1.51. The number of imidazole rings is 1. The summed E-state index contributed by atoms with van der Waals surface area (Å²) >= 11 is 0. The number of carbonyl (C=O) groups excluding carboxylic acids is 1. The minimum absolute atomic E-state index is 0.128. The Balaban J connectivity index is 1.84. The molecule has 2 rings (SSSR count). The van der Waals surface area contributed by atoms with E-state index in [1.165, 1.54) is 5.69 Å². The van der Waals surface area contributed by atoms with Crippen LogP contribution >= 0.6 is 0 Å². The van der Waals surface area contributed by atoms with Gasteiger partial charge in [0.25, 0.3) is 0 Å². The fourth-order valence-electron chi connectivity index (χ4n) is 2.60. The van der Waals surface area contributed by atoms with Crippen LogP contribution in [0, 0.1) is 5.92 Å². The molecule has 0 aliphatic carbocycles. The van der Waals surface area contributed by atoms with Crippen LogP contribution in [0.4, 0.5) is 0 Å². The quantitative estimate of drug-likeness (QED) is 0.829. The molecule has 1 amide bonds. The number of hydrogen-bond acceptors (Lipinski definition) is 3. The Hall–Kier alpha value is -1.36. The average Bonchev–Trinajstić information content (AvgIpc) is 2.92. The van der Waals surface area contributed by atoms with Gasteiger partial charge in [-0.1, -0.05) is 13.8 Å². The number of piperidine rings is 1. The lowest BCUT2D eigenvalue weighted by molar-refractivity contribution is -0.121. The van der Waals surface area contributed by atoms with Gasteiger partial charge in [-0.25, -0.2) is 4.98 Å². The molecule has 5 heteroatoms. The highest BCUT2D eigenvalue weighted by molar-refractivity contribution is 5.75. The molecule has 1 aromatic rings. The van der Waals surface area contributed by atoms with E-state index in [1.807, 2.05) is 12.5 Å². The Morgan fingerprint density at radius 1 is 1.50 bits per heavy atom. The fraction of sp³-hybridized carbons (Fsp3) is 0.733. The van der Waals surface area contributed by atoms with Crippen molar-refractivity contribution in [1.82, 2.24) is 20.2 Å². The molecule has 1 aliphatic heterocycles. The largest absolute Gasteiger partial charge is 0.356 e. The number of rotatable bonds is 6. The predicted molar refractivity (Wildman–Crippen MR) is 79.5 cm³/mol. The molecule has 5 nitrogen and oxygen atoms in total. The van der Waals surface area contributed by atoms with Gasteiger partial charge >= 0.3 is 0 Å². The zero-order valence-corrected chi connectivity index (χ0v) is 12.6. The Bertz CT molecular complexity index is 421. The van der Waals surface area contributed by atoms with E-state index in [9.17, 15) is 4.79 Å². The number of carbonyl (C=O) groups is 1. The normalized spacial score (nSPS) is 16.6. The molecule has 1 aliphatic rings. The van der Waals surface area contributed by atoms with Gasteiger partial charge in [0.1, 0.15) is 0 Å². The molecule has 0 bridgehead atoms. The van der Waals surface area contributed by atoms with E-state index in [4.69, 9.17) is 0 Å². The Labute approximate surface area is 121 Å². The summed E-state index contributed by atoms with van der Waals surface area (Å²) in [5, 5.41) is 6.34. The summed E-state index contributed by atoms with van der Waals surface area (Å²) in [6, 6.07) is 0. The maximum absolute atomic E-state index is 11.8. The van der Waals surface area contributed by atoms with E-state index in [0.29, 0.717) is 18.3 Å². The maximum atomic E-state index is 11.8. The first-order valence-electron chi connectivity index (χ1n) is 7.64. The van der Waals surface area contributed by atoms with E-state index >= 15 is 0 Å². The lowest BCUT2D eigenvalue weighted by Crippen LogP contribution is -2.29. The van der Waals surface area contributed by atoms with Crippen LogP contribution in [0.15, 0.2) is 12.5 Å². The summed E-state index contributed by atoms with van der Waals surface area (Å²) in [5.74, 6) is 1.21. The third-order valence-corrected chi connectivity index (χ3v) is 3.79. The van der Waals surface area contributed by atoms with Crippen LogP contribution in [-0.2, 0) is 11.3 Å². The first-order chi connectivity index (χ1) is 9.66. The standard InChI is InChI=1S/C15H26N4O/c1-12(2)9-18-15(20)5-8-19-11-17-10-14(19)13-3-6-16-7-4-13/h10-13,16H,3-9H2,1-2H3,(H,18,20). The SMILES string of the molecule is CC(C)CNC(=O)CCn1cncc1C1CCNCC1. The van der Waals surface area contributed by atoms with Crippen molar-refractivity contribution in [3.63, 3.8) is 0 Å². The minimum Gasteiger partial charge on any atom is -0.356 e. The molecule has 2 heterocycles. The second-order valence-corrected chi connectivity index (χ2v) is 5.98. The Kier molecular flexibility index (Phi) is 5.59. The Morgan fingerprint density at radius 3 is 2.95 bits per heavy atom. The van der Waals surface area contributed by atoms with Crippen molar-refractivity contribution >= 4 is 5.91 Å². The fourth-order valence-corrected chi connectivity index (χ4v) is 2.60. The molecule has 2 N–H and O–H groups in total. The lowest BCUT2D eigenvalue weighted by Gasteiger charge is -2.23. The van der Waals surface area contributed by atoms with Crippen LogP contribution in [0.3, 0.4) is 0 Å². The van der Waals surface area contributed by atoms with Crippen molar-refractivity contribution < 1.29 is 4.79 Å². The van der Waals surface area contributed by atoms with Gasteiger partial charge < -0.3 is 15.2 Å². The van der Waals surface area contributed by atoms with E-state index in [1.54, 1.807) is 0 Å².